The van der Waals surface area contributed by atoms with Crippen molar-refractivity contribution in [2.45, 2.75) is 212 Å². The molecule has 0 aliphatic rings. The molecule has 0 saturated carbocycles. The first-order valence-corrected chi connectivity index (χ1v) is 33.3. The zero-order valence-corrected chi connectivity index (χ0v) is 44.5. The summed E-state index contributed by atoms with van der Waals surface area (Å²) in [6, 6.07) is 21.6. The lowest BCUT2D eigenvalue weighted by Crippen LogP contribution is -2.14. The number of ether oxygens (including phenoxy) is 1. The Bertz CT molecular complexity index is 1110. The van der Waals surface area contributed by atoms with Crippen LogP contribution in [-0.4, -0.2) is 47.7 Å². The molecule has 2 aromatic rings. The molecule has 0 spiro atoms. The monoisotopic (exact) mass is 939 g/mol. The van der Waals surface area contributed by atoms with Crippen molar-refractivity contribution in [3.8, 4) is 0 Å². The fourth-order valence-corrected chi connectivity index (χ4v) is 7.63. The van der Waals surface area contributed by atoms with Gasteiger partial charge in [-0.05, 0) is 62.1 Å². The van der Waals surface area contributed by atoms with E-state index in [-0.39, 0.29) is 0 Å². The Hall–Kier alpha value is -0.831. The number of allylic oxidation sites excluding steroid dienone is 2. The molecule has 3 nitrogen and oxygen atoms in total. The summed E-state index contributed by atoms with van der Waals surface area (Å²) in [7, 11) is 2.52. The summed E-state index contributed by atoms with van der Waals surface area (Å²) < 4.78 is 10.2. The van der Waals surface area contributed by atoms with Gasteiger partial charge in [-0.25, -0.2) is 0 Å². The Labute approximate surface area is 397 Å². The fourth-order valence-electron chi connectivity index (χ4n) is 5.96. The molecule has 61 heavy (non-hydrogen) atoms. The van der Waals surface area contributed by atoms with E-state index in [1.165, 1.54) is 158 Å². The molecule has 0 aliphatic heterocycles. The lowest BCUT2D eigenvalue weighted by Gasteiger charge is -2.11. The zero-order valence-electron chi connectivity index (χ0n) is 40.2. The SMILES string of the molecule is C=CCCCCCCCCCO.C=CCCCCCCCCCOCc1ccccc1.C[Si](C)(C)Cl.ClCc1ccccc1.[B]OCCCCCCCCCCC[Si](C)(C)Cl. The highest BCUT2D eigenvalue weighted by Crippen LogP contribution is 2.19. The predicted molar refractivity (Wildman–Crippen MR) is 284 cm³/mol. The van der Waals surface area contributed by atoms with Crippen molar-refractivity contribution in [1.29, 1.82) is 0 Å². The summed E-state index contributed by atoms with van der Waals surface area (Å²) >= 11 is 17.5. The first kappa shape index (κ1) is 64.5. The molecule has 2 radical (unpaired) electrons. The van der Waals surface area contributed by atoms with Gasteiger partial charge in [0.25, 0.3) is 8.05 Å². The number of hydrogen-bond acceptors (Lipinski definition) is 3. The first-order valence-electron chi connectivity index (χ1n) is 24.1. The molecular weight excluding hydrogens is 846 g/mol. The molecule has 0 saturated heterocycles. The number of unbranched alkanes of at least 4 members (excludes halogenated alkanes) is 22. The summed E-state index contributed by atoms with van der Waals surface area (Å²) in [5.74, 6) is 0.612. The van der Waals surface area contributed by atoms with Crippen molar-refractivity contribution in [2.24, 2.45) is 0 Å². The van der Waals surface area contributed by atoms with Gasteiger partial charge < -0.3 is 14.5 Å². The van der Waals surface area contributed by atoms with Crippen molar-refractivity contribution in [1.82, 2.24) is 0 Å². The molecule has 2 aromatic carbocycles. The molecule has 0 fully saturated rings. The van der Waals surface area contributed by atoms with Crippen LogP contribution in [0.4, 0.5) is 0 Å². The third-order valence-electron chi connectivity index (χ3n) is 9.41. The molecular formula is C52H94BCl3O3Si2. The van der Waals surface area contributed by atoms with E-state index >= 15 is 0 Å². The molecule has 352 valence electrons. The summed E-state index contributed by atoms with van der Waals surface area (Å²) in [6.07, 6.45) is 36.3. The Morgan fingerprint density at radius 2 is 0.869 bits per heavy atom. The Morgan fingerprint density at radius 1 is 0.525 bits per heavy atom. The van der Waals surface area contributed by atoms with E-state index in [0.717, 1.165) is 32.5 Å². The average Bonchev–Trinajstić information content (AvgIpc) is 3.23. The minimum atomic E-state index is -1.30. The van der Waals surface area contributed by atoms with Gasteiger partial charge in [0.15, 0.2) is 0 Å². The zero-order chi connectivity index (χ0) is 46.0. The normalized spacial score (nSPS) is 10.8. The van der Waals surface area contributed by atoms with E-state index in [1.807, 2.05) is 48.6 Å². The quantitative estimate of drug-likeness (QED) is 0.0250. The number of aliphatic hydroxyl groups is 1. The van der Waals surface area contributed by atoms with Crippen LogP contribution in [-0.2, 0) is 21.9 Å². The first-order chi connectivity index (χ1) is 29.3. The van der Waals surface area contributed by atoms with Crippen LogP contribution in [0.25, 0.3) is 0 Å². The van der Waals surface area contributed by atoms with E-state index in [4.69, 9.17) is 51.7 Å². The van der Waals surface area contributed by atoms with Crippen molar-refractivity contribution in [3.63, 3.8) is 0 Å². The minimum absolute atomic E-state index is 0.358. The van der Waals surface area contributed by atoms with Crippen LogP contribution in [0.15, 0.2) is 86.0 Å². The number of halogens is 3. The van der Waals surface area contributed by atoms with Gasteiger partial charge in [0.05, 0.1) is 6.61 Å². The molecule has 0 unspecified atom stereocenters. The number of rotatable bonds is 34. The van der Waals surface area contributed by atoms with Gasteiger partial charge in [0.1, 0.15) is 14.8 Å². The van der Waals surface area contributed by atoms with Crippen LogP contribution >= 0.6 is 33.8 Å². The van der Waals surface area contributed by atoms with Gasteiger partial charge in [-0.15, -0.1) is 24.8 Å². The highest BCUT2D eigenvalue weighted by atomic mass is 35.6. The number of hydrogen-bond donors (Lipinski definition) is 1. The van der Waals surface area contributed by atoms with Crippen LogP contribution in [0, 0.1) is 0 Å². The average molecular weight is 941 g/mol. The van der Waals surface area contributed by atoms with Gasteiger partial charge in [-0.1, -0.05) is 221 Å². The van der Waals surface area contributed by atoms with Gasteiger partial charge in [0.2, 0.25) is 0 Å². The topological polar surface area (TPSA) is 38.7 Å². The van der Waals surface area contributed by atoms with E-state index in [9.17, 15) is 0 Å². The predicted octanol–water partition coefficient (Wildman–Crippen LogP) is 18.3. The summed E-state index contributed by atoms with van der Waals surface area (Å²) in [5, 5.41) is 8.53. The van der Waals surface area contributed by atoms with Gasteiger partial charge in [-0.3, -0.25) is 0 Å². The molecule has 0 heterocycles. The van der Waals surface area contributed by atoms with Gasteiger partial charge >= 0.3 is 0 Å². The smallest absolute Gasteiger partial charge is 0.282 e. The van der Waals surface area contributed by atoms with Crippen LogP contribution in [0.1, 0.15) is 172 Å². The number of aliphatic hydroxyl groups excluding tert-OH is 1. The molecule has 0 aromatic heterocycles. The molecule has 0 atom stereocenters. The minimum Gasteiger partial charge on any atom is -0.448 e. The van der Waals surface area contributed by atoms with E-state index in [2.05, 4.69) is 74.8 Å². The lowest BCUT2D eigenvalue weighted by molar-refractivity contribution is 0.116. The second-order valence-electron chi connectivity index (χ2n) is 17.6. The lowest BCUT2D eigenvalue weighted by atomic mass is 10.1. The Kier molecular flexibility index (Phi) is 54.7. The third-order valence-corrected chi connectivity index (χ3v) is 11.8. The maximum atomic E-state index is 8.53. The van der Waals surface area contributed by atoms with E-state index in [1.54, 1.807) is 0 Å². The van der Waals surface area contributed by atoms with Crippen LogP contribution in [0.5, 0.6) is 0 Å². The fraction of sp³-hybridized carbons (Fsp3) is 0.692. The third kappa shape index (κ3) is 68.4. The molecule has 0 aliphatic carbocycles. The maximum Gasteiger partial charge on any atom is 0.282 e. The van der Waals surface area contributed by atoms with Crippen LogP contribution in [0.2, 0.25) is 38.8 Å². The molecule has 2 rings (SSSR count). The van der Waals surface area contributed by atoms with Gasteiger partial charge in [-0.2, -0.15) is 22.2 Å². The van der Waals surface area contributed by atoms with Gasteiger partial charge in [0, 0.05) is 25.7 Å². The standard InChI is InChI=1S/C18H28O.C13H28BClOSi.C11H22O.C7H7Cl.C3H9ClSi/c1-2-3-4-5-6-7-8-9-13-16-19-17-18-14-11-10-12-15-18;1-17(2,15)13-11-9-7-5-3-4-6-8-10-12-16-14;1-2-3-4-5-6-7-8-9-10-11-12;8-6-7-4-2-1-3-5-7;1-5(2,3)4/h2,10-12,14-15H,1,3-9,13,16-17H2;3-13H2,1-2H3;2,12H,1,3-11H2;1-5H,6H2;1-3H3. The van der Waals surface area contributed by atoms with Crippen molar-refractivity contribution in [2.75, 3.05) is 19.8 Å². The molecule has 1 N–H and O–H groups in total. The highest BCUT2D eigenvalue weighted by Gasteiger charge is 2.15. The largest absolute Gasteiger partial charge is 0.448 e. The van der Waals surface area contributed by atoms with E-state index in [0.29, 0.717) is 19.1 Å². The maximum absolute atomic E-state index is 8.53. The summed E-state index contributed by atoms with van der Waals surface area (Å²) in [4.78, 5) is 0. The molecule has 0 amide bonds. The second kappa shape index (κ2) is 51.8. The molecule has 9 heteroatoms. The Morgan fingerprint density at radius 3 is 1.21 bits per heavy atom. The van der Waals surface area contributed by atoms with Crippen LogP contribution < -0.4 is 0 Å². The highest BCUT2D eigenvalue weighted by molar-refractivity contribution is 7.19. The van der Waals surface area contributed by atoms with Crippen LogP contribution in [0.3, 0.4) is 0 Å². The van der Waals surface area contributed by atoms with E-state index < -0.39 is 14.8 Å². The number of alkyl halides is 1. The Balaban J connectivity index is -0.000000732. The van der Waals surface area contributed by atoms with Crippen molar-refractivity contribution < 1.29 is 14.5 Å². The molecule has 0 bridgehead atoms. The number of benzene rings is 2. The second-order valence-corrected chi connectivity index (χ2v) is 32.4. The summed E-state index contributed by atoms with van der Waals surface area (Å²) in [6.45, 7) is 20.9. The van der Waals surface area contributed by atoms with Crippen molar-refractivity contribution in [3.05, 3.63) is 97.1 Å². The van der Waals surface area contributed by atoms with Crippen molar-refractivity contribution >= 4 is 56.6 Å². The summed E-state index contributed by atoms with van der Waals surface area (Å²) in [5.41, 5.74) is 2.44.